The topological polar surface area (TPSA) is 74.6 Å². The lowest BCUT2D eigenvalue weighted by molar-refractivity contribution is 0.0950. The van der Waals surface area contributed by atoms with Gasteiger partial charge in [-0.25, -0.2) is 4.68 Å². The van der Waals surface area contributed by atoms with E-state index >= 15 is 0 Å². The van der Waals surface area contributed by atoms with Gasteiger partial charge in [0.1, 0.15) is 19.0 Å². The molecule has 1 N–H and O–H groups in total. The van der Waals surface area contributed by atoms with Crippen LogP contribution in [0.15, 0.2) is 54.9 Å². The van der Waals surface area contributed by atoms with Gasteiger partial charge in [0.15, 0.2) is 11.5 Å². The van der Waals surface area contributed by atoms with Gasteiger partial charge in [-0.15, -0.1) is 0 Å². The summed E-state index contributed by atoms with van der Waals surface area (Å²) in [5, 5.41) is 7.11. The maximum Gasteiger partial charge on any atom is 0.251 e. The predicted octanol–water partition coefficient (Wildman–Crippen LogP) is 2.58. The number of benzene rings is 2. The number of carbonyl (C=O) groups excluding carboxylic acids is 1. The molecule has 0 aliphatic carbocycles. The van der Waals surface area contributed by atoms with E-state index in [1.54, 1.807) is 36.2 Å². The summed E-state index contributed by atoms with van der Waals surface area (Å²) < 4.78 is 18.3. The zero-order valence-corrected chi connectivity index (χ0v) is 14.8. The Kier molecular flexibility index (Phi) is 4.65. The minimum Gasteiger partial charge on any atom is -0.496 e. The third-order valence-electron chi connectivity index (χ3n) is 4.26. The first kappa shape index (κ1) is 17.0. The number of methoxy groups -OCH3 is 1. The Bertz CT molecular complexity index is 954. The van der Waals surface area contributed by atoms with E-state index in [1.807, 2.05) is 30.5 Å². The highest BCUT2D eigenvalue weighted by atomic mass is 16.6. The second-order valence-electron chi connectivity index (χ2n) is 5.99. The number of ether oxygens (including phenoxy) is 3. The van der Waals surface area contributed by atoms with Gasteiger partial charge in [-0.3, -0.25) is 4.79 Å². The third kappa shape index (κ3) is 3.57. The molecule has 0 spiro atoms. The van der Waals surface area contributed by atoms with Crippen molar-refractivity contribution >= 4 is 5.91 Å². The van der Waals surface area contributed by atoms with Gasteiger partial charge in [-0.2, -0.15) is 5.10 Å². The van der Waals surface area contributed by atoms with Crippen molar-refractivity contribution in [1.82, 2.24) is 15.1 Å². The van der Waals surface area contributed by atoms with Crippen LogP contribution in [0.2, 0.25) is 0 Å². The Balaban J connectivity index is 1.50. The summed E-state index contributed by atoms with van der Waals surface area (Å²) in [6.45, 7) is 1.33. The highest BCUT2D eigenvalue weighted by Gasteiger charge is 2.17. The number of hydrogen-bond donors (Lipinski definition) is 1. The molecule has 0 atom stereocenters. The van der Waals surface area contributed by atoms with Crippen LogP contribution in [-0.2, 0) is 6.54 Å². The molecule has 0 radical (unpaired) electrons. The Hall–Kier alpha value is -3.48. The van der Waals surface area contributed by atoms with Crippen LogP contribution in [0.25, 0.3) is 5.69 Å². The van der Waals surface area contributed by atoms with Crippen LogP contribution < -0.4 is 19.5 Å². The van der Waals surface area contributed by atoms with Crippen molar-refractivity contribution in [2.45, 2.75) is 6.54 Å². The van der Waals surface area contributed by atoms with Crippen molar-refractivity contribution in [2.24, 2.45) is 0 Å². The van der Waals surface area contributed by atoms with Gasteiger partial charge in [-0.1, -0.05) is 6.07 Å². The molecule has 1 aliphatic heterocycles. The fraction of sp³-hybridized carbons (Fsp3) is 0.200. The smallest absolute Gasteiger partial charge is 0.251 e. The van der Waals surface area contributed by atoms with Gasteiger partial charge in [0.25, 0.3) is 5.91 Å². The molecule has 0 unspecified atom stereocenters. The second kappa shape index (κ2) is 7.41. The molecule has 4 rings (SSSR count). The first-order valence-electron chi connectivity index (χ1n) is 8.59. The molecule has 27 heavy (non-hydrogen) atoms. The molecule has 3 aromatic rings. The first-order chi connectivity index (χ1) is 13.2. The van der Waals surface area contributed by atoms with Gasteiger partial charge >= 0.3 is 0 Å². The van der Waals surface area contributed by atoms with E-state index in [0.29, 0.717) is 42.6 Å². The fourth-order valence-corrected chi connectivity index (χ4v) is 2.93. The zero-order chi connectivity index (χ0) is 18.6. The Morgan fingerprint density at radius 2 is 2.00 bits per heavy atom. The molecule has 2 heterocycles. The third-order valence-corrected chi connectivity index (χ3v) is 4.26. The summed E-state index contributed by atoms with van der Waals surface area (Å²) in [5.41, 5.74) is 2.20. The molecule has 0 saturated heterocycles. The molecule has 7 heteroatoms. The molecular weight excluding hydrogens is 346 g/mol. The molecule has 1 aliphatic rings. The lowest BCUT2D eigenvalue weighted by Gasteiger charge is -2.21. The minimum atomic E-state index is -0.180. The fourth-order valence-electron chi connectivity index (χ4n) is 2.93. The lowest BCUT2D eigenvalue weighted by atomic mass is 10.1. The quantitative estimate of drug-likeness (QED) is 0.752. The molecule has 1 aromatic heterocycles. The number of aromatic nitrogens is 2. The van der Waals surface area contributed by atoms with Crippen LogP contribution in [0.4, 0.5) is 0 Å². The average Bonchev–Trinajstić information content (AvgIpc) is 3.26. The SMILES string of the molecule is COc1cc2c(cc1CNC(=O)c1cccc(-n3cccn3)c1)OCCO2. The largest absolute Gasteiger partial charge is 0.496 e. The molecule has 0 fully saturated rings. The van der Waals surface area contributed by atoms with E-state index in [4.69, 9.17) is 14.2 Å². The first-order valence-corrected chi connectivity index (χ1v) is 8.59. The average molecular weight is 365 g/mol. The van der Waals surface area contributed by atoms with Crippen molar-refractivity contribution in [3.8, 4) is 22.9 Å². The van der Waals surface area contributed by atoms with E-state index in [-0.39, 0.29) is 5.91 Å². The lowest BCUT2D eigenvalue weighted by Crippen LogP contribution is -2.23. The summed E-state index contributed by atoms with van der Waals surface area (Å²) >= 11 is 0. The van der Waals surface area contributed by atoms with Crippen molar-refractivity contribution in [1.29, 1.82) is 0 Å². The van der Waals surface area contributed by atoms with Crippen LogP contribution in [0.5, 0.6) is 17.2 Å². The van der Waals surface area contributed by atoms with Gasteiger partial charge < -0.3 is 19.5 Å². The van der Waals surface area contributed by atoms with Crippen LogP contribution in [0.3, 0.4) is 0 Å². The van der Waals surface area contributed by atoms with Crippen molar-refractivity contribution in [3.63, 3.8) is 0 Å². The number of nitrogens with zero attached hydrogens (tertiary/aromatic N) is 2. The van der Waals surface area contributed by atoms with Crippen LogP contribution >= 0.6 is 0 Å². The highest BCUT2D eigenvalue weighted by Crippen LogP contribution is 2.36. The van der Waals surface area contributed by atoms with E-state index in [2.05, 4.69) is 10.4 Å². The number of hydrogen-bond acceptors (Lipinski definition) is 5. The van der Waals surface area contributed by atoms with E-state index in [9.17, 15) is 4.79 Å². The van der Waals surface area contributed by atoms with Gasteiger partial charge in [0.05, 0.1) is 12.8 Å². The minimum absolute atomic E-state index is 0.180. The van der Waals surface area contributed by atoms with Crippen molar-refractivity contribution in [3.05, 3.63) is 66.0 Å². The molecule has 0 bridgehead atoms. The van der Waals surface area contributed by atoms with Crippen LogP contribution in [0.1, 0.15) is 15.9 Å². The number of amides is 1. The highest BCUT2D eigenvalue weighted by molar-refractivity contribution is 5.94. The Morgan fingerprint density at radius 1 is 1.19 bits per heavy atom. The van der Waals surface area contributed by atoms with Crippen molar-refractivity contribution in [2.75, 3.05) is 20.3 Å². The number of fused-ring (bicyclic) bond motifs is 1. The molecule has 138 valence electrons. The maximum absolute atomic E-state index is 12.6. The number of rotatable bonds is 5. The predicted molar refractivity (Wildman–Crippen MR) is 98.7 cm³/mol. The Labute approximate surface area is 156 Å². The normalized spacial score (nSPS) is 12.5. The standard InChI is InChI=1S/C20H19N3O4/c1-25-17-12-19-18(26-8-9-27-19)11-15(17)13-21-20(24)14-4-2-5-16(10-14)23-7-3-6-22-23/h2-7,10-12H,8-9,13H2,1H3,(H,21,24). The van der Waals surface area contributed by atoms with Gasteiger partial charge in [0.2, 0.25) is 0 Å². The summed E-state index contributed by atoms with van der Waals surface area (Å²) in [6, 6.07) is 12.7. The molecular formula is C20H19N3O4. The summed E-state index contributed by atoms with van der Waals surface area (Å²) in [7, 11) is 1.59. The second-order valence-corrected chi connectivity index (χ2v) is 5.99. The van der Waals surface area contributed by atoms with Crippen LogP contribution in [-0.4, -0.2) is 36.0 Å². The molecule has 1 amide bonds. The summed E-state index contributed by atoms with van der Waals surface area (Å²) in [5.74, 6) is 1.78. The van der Waals surface area contributed by atoms with Crippen LogP contribution in [0, 0.1) is 0 Å². The van der Waals surface area contributed by atoms with E-state index in [0.717, 1.165) is 11.3 Å². The maximum atomic E-state index is 12.6. The number of nitrogens with one attached hydrogen (secondary N) is 1. The monoisotopic (exact) mass is 365 g/mol. The summed E-state index contributed by atoms with van der Waals surface area (Å²) in [4.78, 5) is 12.6. The zero-order valence-electron chi connectivity index (χ0n) is 14.8. The number of carbonyl (C=O) groups is 1. The summed E-state index contributed by atoms with van der Waals surface area (Å²) in [6.07, 6.45) is 3.53. The molecule has 7 nitrogen and oxygen atoms in total. The van der Waals surface area contributed by atoms with E-state index < -0.39 is 0 Å². The molecule has 2 aromatic carbocycles. The Morgan fingerprint density at radius 3 is 2.74 bits per heavy atom. The van der Waals surface area contributed by atoms with Gasteiger partial charge in [-0.05, 0) is 30.3 Å². The van der Waals surface area contributed by atoms with E-state index in [1.165, 1.54) is 0 Å². The molecule has 0 saturated carbocycles. The van der Waals surface area contributed by atoms with Crippen molar-refractivity contribution < 1.29 is 19.0 Å². The van der Waals surface area contributed by atoms with Gasteiger partial charge in [0, 0.05) is 36.1 Å².